The van der Waals surface area contributed by atoms with E-state index in [1.165, 1.54) is 50.0 Å². The maximum Gasteiger partial charge on any atom is 0.118 e. The summed E-state index contributed by atoms with van der Waals surface area (Å²) in [4.78, 5) is 0. The van der Waals surface area contributed by atoms with Gasteiger partial charge in [0.25, 0.3) is 0 Å². The number of nitrogens with zero attached hydrogens (tertiary/aromatic N) is 1. The van der Waals surface area contributed by atoms with Crippen LogP contribution < -0.4 is 4.74 Å². The van der Waals surface area contributed by atoms with Crippen molar-refractivity contribution in [3.05, 3.63) is 94.3 Å². The van der Waals surface area contributed by atoms with Crippen molar-refractivity contribution < 1.29 is 4.74 Å². The summed E-state index contributed by atoms with van der Waals surface area (Å²) in [5.41, 5.74) is 11.9. The van der Waals surface area contributed by atoms with E-state index in [0.717, 1.165) is 12.2 Å². The summed E-state index contributed by atoms with van der Waals surface area (Å²) in [6, 6.07) is 17.5. The second kappa shape index (κ2) is 7.20. The molecule has 0 unspecified atom stereocenters. The highest BCUT2D eigenvalue weighted by atomic mass is 16.5. The number of hydrogen-bond donors (Lipinski definition) is 0. The van der Waals surface area contributed by atoms with Gasteiger partial charge >= 0.3 is 0 Å². The van der Waals surface area contributed by atoms with Gasteiger partial charge in [-0.2, -0.15) is 0 Å². The van der Waals surface area contributed by atoms with Gasteiger partial charge in [-0.1, -0.05) is 24.3 Å². The van der Waals surface area contributed by atoms with E-state index in [9.17, 15) is 0 Å². The summed E-state index contributed by atoms with van der Waals surface area (Å²) in [6.45, 7) is 8.81. The largest absolute Gasteiger partial charge is 0.497 e. The number of hydrogen-bond acceptors (Lipinski definition) is 1. The Hall–Kier alpha value is -3.00. The van der Waals surface area contributed by atoms with Gasteiger partial charge in [-0.15, -0.1) is 0 Å². The number of ether oxygens (including phenoxy) is 1. The molecule has 0 spiro atoms. The molecule has 0 N–H and O–H groups in total. The average Bonchev–Trinajstić information content (AvgIpc) is 3.09. The molecule has 2 heteroatoms. The van der Waals surface area contributed by atoms with E-state index >= 15 is 0 Å². The summed E-state index contributed by atoms with van der Waals surface area (Å²) in [7, 11) is 1.70. The van der Waals surface area contributed by atoms with Gasteiger partial charge in [-0.05, 0) is 97.3 Å². The third-order valence-electron chi connectivity index (χ3n) is 5.80. The second-order valence-corrected chi connectivity index (χ2v) is 7.81. The summed E-state index contributed by atoms with van der Waals surface area (Å²) >= 11 is 0. The monoisotopic (exact) mass is 369 g/mol. The molecule has 2 aromatic heterocycles. The summed E-state index contributed by atoms with van der Waals surface area (Å²) in [6.07, 6.45) is 5.42. The Kier molecular flexibility index (Phi) is 4.72. The van der Waals surface area contributed by atoms with Gasteiger partial charge in [0, 0.05) is 23.5 Å². The molecule has 0 atom stereocenters. The molecular weight excluding hydrogens is 342 g/mol. The van der Waals surface area contributed by atoms with Gasteiger partial charge < -0.3 is 9.14 Å². The number of methoxy groups -OCH3 is 1. The minimum atomic E-state index is 0.884. The molecule has 2 nitrogen and oxygen atoms in total. The Morgan fingerprint density at radius 3 is 2.07 bits per heavy atom. The fourth-order valence-corrected chi connectivity index (χ4v) is 3.86. The number of pyridine rings is 1. The predicted octanol–water partition coefficient (Wildman–Crippen LogP) is 6.44. The maximum absolute atomic E-state index is 5.27. The van der Waals surface area contributed by atoms with Gasteiger partial charge in [0.2, 0.25) is 0 Å². The van der Waals surface area contributed by atoms with Crippen LogP contribution in [0.3, 0.4) is 0 Å². The first kappa shape index (κ1) is 18.4. The van der Waals surface area contributed by atoms with E-state index in [-0.39, 0.29) is 0 Å². The first-order valence-corrected chi connectivity index (χ1v) is 9.77. The highest BCUT2D eigenvalue weighted by molar-refractivity contribution is 5.71. The molecule has 0 radical (unpaired) electrons. The van der Waals surface area contributed by atoms with Crippen LogP contribution in [0.5, 0.6) is 5.75 Å². The van der Waals surface area contributed by atoms with Crippen molar-refractivity contribution in [1.29, 1.82) is 0 Å². The smallest absolute Gasteiger partial charge is 0.118 e. The highest BCUT2D eigenvalue weighted by Gasteiger charge is 2.09. The minimum absolute atomic E-state index is 0.884. The lowest BCUT2D eigenvalue weighted by Gasteiger charge is -2.12. The molecule has 4 rings (SSSR count). The van der Waals surface area contributed by atoms with E-state index in [1.54, 1.807) is 7.11 Å². The van der Waals surface area contributed by atoms with Crippen molar-refractivity contribution in [2.24, 2.45) is 0 Å². The molecular formula is C26H27NO. The normalized spacial score (nSPS) is 11.2. The van der Waals surface area contributed by atoms with E-state index in [1.807, 2.05) is 12.1 Å². The molecule has 0 saturated heterocycles. The van der Waals surface area contributed by atoms with Crippen LogP contribution in [0, 0.1) is 27.7 Å². The van der Waals surface area contributed by atoms with Crippen molar-refractivity contribution in [1.82, 2.24) is 4.40 Å². The SMILES string of the molecule is COc1ccc(-c2cc3cc(Cc4cc(C)c(C)cc4C)c(C)cn3c2)cc1. The topological polar surface area (TPSA) is 13.6 Å². The molecule has 0 amide bonds. The van der Waals surface area contributed by atoms with Gasteiger partial charge in [0.05, 0.1) is 7.11 Å². The molecule has 2 heterocycles. The lowest BCUT2D eigenvalue weighted by molar-refractivity contribution is 0.415. The van der Waals surface area contributed by atoms with Crippen LogP contribution in [0.15, 0.2) is 60.9 Å². The third kappa shape index (κ3) is 3.43. The molecule has 0 aliphatic heterocycles. The Morgan fingerprint density at radius 2 is 1.36 bits per heavy atom. The Balaban J connectivity index is 1.71. The highest BCUT2D eigenvalue weighted by Crippen LogP contribution is 2.27. The van der Waals surface area contributed by atoms with E-state index < -0.39 is 0 Å². The van der Waals surface area contributed by atoms with Gasteiger partial charge in [-0.25, -0.2) is 0 Å². The number of rotatable bonds is 4. The average molecular weight is 370 g/mol. The predicted molar refractivity (Wildman–Crippen MR) is 118 cm³/mol. The quantitative estimate of drug-likeness (QED) is 0.403. The minimum Gasteiger partial charge on any atom is -0.497 e. The first-order chi connectivity index (χ1) is 13.4. The zero-order valence-electron chi connectivity index (χ0n) is 17.3. The third-order valence-corrected chi connectivity index (χ3v) is 5.80. The van der Waals surface area contributed by atoms with Crippen LogP contribution in [0.2, 0.25) is 0 Å². The molecule has 2 aromatic carbocycles. The summed E-state index contributed by atoms with van der Waals surface area (Å²) in [5.74, 6) is 0.884. The lowest BCUT2D eigenvalue weighted by Crippen LogP contribution is -1.98. The van der Waals surface area contributed by atoms with Crippen molar-refractivity contribution in [3.8, 4) is 16.9 Å². The van der Waals surface area contributed by atoms with Crippen LogP contribution in [-0.4, -0.2) is 11.5 Å². The fourth-order valence-electron chi connectivity index (χ4n) is 3.86. The van der Waals surface area contributed by atoms with Crippen molar-refractivity contribution in [3.63, 3.8) is 0 Å². The lowest BCUT2D eigenvalue weighted by atomic mass is 9.94. The molecule has 4 aromatic rings. The van der Waals surface area contributed by atoms with E-state index in [4.69, 9.17) is 4.74 Å². The van der Waals surface area contributed by atoms with E-state index in [0.29, 0.717) is 0 Å². The number of fused-ring (bicyclic) bond motifs is 1. The Labute approximate surface area is 167 Å². The number of benzene rings is 2. The van der Waals surface area contributed by atoms with Crippen molar-refractivity contribution >= 4 is 5.52 Å². The molecule has 0 aliphatic rings. The van der Waals surface area contributed by atoms with Gasteiger partial charge in [-0.3, -0.25) is 0 Å². The van der Waals surface area contributed by atoms with Crippen LogP contribution in [0.1, 0.15) is 33.4 Å². The number of aromatic nitrogens is 1. The Bertz CT molecular complexity index is 1150. The van der Waals surface area contributed by atoms with Crippen LogP contribution >= 0.6 is 0 Å². The number of aryl methyl sites for hydroxylation is 4. The molecule has 0 fully saturated rings. The summed E-state index contributed by atoms with van der Waals surface area (Å²) < 4.78 is 7.50. The zero-order valence-corrected chi connectivity index (χ0v) is 17.3. The van der Waals surface area contributed by atoms with Gasteiger partial charge in [0.1, 0.15) is 5.75 Å². The molecule has 28 heavy (non-hydrogen) atoms. The second-order valence-electron chi connectivity index (χ2n) is 7.81. The van der Waals surface area contributed by atoms with Crippen molar-refractivity contribution in [2.75, 3.05) is 7.11 Å². The van der Waals surface area contributed by atoms with Gasteiger partial charge in [0.15, 0.2) is 0 Å². The zero-order chi connectivity index (χ0) is 19.8. The Morgan fingerprint density at radius 1 is 0.679 bits per heavy atom. The van der Waals surface area contributed by atoms with Crippen LogP contribution in [-0.2, 0) is 6.42 Å². The standard InChI is InChI=1S/C26H27NO/c1-17-10-19(3)22(11-18(17)2)12-23-13-25-14-24(16-27(25)15-20(23)4)21-6-8-26(28-5)9-7-21/h6-11,13-16H,12H2,1-5H3. The van der Waals surface area contributed by atoms with Crippen LogP contribution in [0.25, 0.3) is 16.6 Å². The van der Waals surface area contributed by atoms with Crippen molar-refractivity contribution in [2.45, 2.75) is 34.1 Å². The molecule has 0 aliphatic carbocycles. The summed E-state index contributed by atoms with van der Waals surface area (Å²) in [5, 5.41) is 0. The molecule has 0 saturated carbocycles. The maximum atomic E-state index is 5.27. The van der Waals surface area contributed by atoms with E-state index in [2.05, 4.69) is 80.9 Å². The molecule has 142 valence electrons. The first-order valence-electron chi connectivity index (χ1n) is 9.77. The molecule has 0 bridgehead atoms. The fraction of sp³-hybridized carbons (Fsp3) is 0.231. The van der Waals surface area contributed by atoms with Crippen LogP contribution in [0.4, 0.5) is 0 Å².